The molecule has 0 fully saturated rings. The van der Waals surface area contributed by atoms with Crippen molar-refractivity contribution in [1.29, 1.82) is 0 Å². The lowest BCUT2D eigenvalue weighted by Gasteiger charge is -2.10. The molecule has 0 heterocycles. The Hall–Kier alpha value is -2.91. The molecular formula is C19H16N2O. The van der Waals surface area contributed by atoms with Gasteiger partial charge in [0.2, 0.25) is 0 Å². The maximum Gasteiger partial charge on any atom is 0.265 e. The number of nitrogens with two attached hydrogens (primary N) is 1. The van der Waals surface area contributed by atoms with Crippen LogP contribution in [0.1, 0.15) is 10.4 Å². The lowest BCUT2D eigenvalue weighted by Crippen LogP contribution is -2.29. The minimum absolute atomic E-state index is 0.289. The van der Waals surface area contributed by atoms with Gasteiger partial charge in [-0.3, -0.25) is 10.2 Å². The molecule has 0 unspecified atom stereocenters. The second-order valence-corrected chi connectivity index (χ2v) is 4.96. The zero-order chi connectivity index (χ0) is 15.4. The van der Waals surface area contributed by atoms with Gasteiger partial charge in [0.15, 0.2) is 0 Å². The number of nitrogen functional groups attached to an aromatic ring is 1. The Morgan fingerprint density at radius 2 is 1.18 bits per heavy atom. The molecule has 3 N–H and O–H groups in total. The number of carbonyl (C=O) groups is 1. The third-order valence-electron chi connectivity index (χ3n) is 3.60. The number of nitrogens with one attached hydrogen (secondary N) is 1. The molecule has 0 aliphatic carbocycles. The topological polar surface area (TPSA) is 55.1 Å². The molecule has 22 heavy (non-hydrogen) atoms. The van der Waals surface area contributed by atoms with Crippen LogP contribution in [-0.4, -0.2) is 5.91 Å². The molecule has 3 rings (SSSR count). The van der Waals surface area contributed by atoms with Gasteiger partial charge in [-0.2, -0.15) is 0 Å². The smallest absolute Gasteiger partial charge is 0.265 e. The molecule has 0 radical (unpaired) electrons. The summed E-state index contributed by atoms with van der Waals surface area (Å²) in [6.07, 6.45) is 0. The molecule has 0 aliphatic heterocycles. The molecular weight excluding hydrogens is 272 g/mol. The van der Waals surface area contributed by atoms with E-state index in [1.807, 2.05) is 42.5 Å². The molecule has 3 aromatic carbocycles. The Labute approximate surface area is 129 Å². The van der Waals surface area contributed by atoms with E-state index < -0.39 is 0 Å². The van der Waals surface area contributed by atoms with Crippen LogP contribution in [0.25, 0.3) is 22.3 Å². The van der Waals surface area contributed by atoms with Gasteiger partial charge in [-0.05, 0) is 34.4 Å². The Morgan fingerprint density at radius 1 is 0.682 bits per heavy atom. The van der Waals surface area contributed by atoms with Gasteiger partial charge in [0.25, 0.3) is 5.91 Å². The minimum Gasteiger partial charge on any atom is -0.290 e. The first-order valence-corrected chi connectivity index (χ1v) is 7.05. The second kappa shape index (κ2) is 6.24. The highest BCUT2D eigenvalue weighted by Gasteiger charge is 2.08. The normalized spacial score (nSPS) is 10.2. The van der Waals surface area contributed by atoms with E-state index in [9.17, 15) is 4.79 Å². The summed E-state index contributed by atoms with van der Waals surface area (Å²) in [7, 11) is 0. The number of benzene rings is 3. The largest absolute Gasteiger partial charge is 0.290 e. The molecule has 0 aliphatic rings. The molecule has 0 spiro atoms. The summed E-state index contributed by atoms with van der Waals surface area (Å²) >= 11 is 0. The molecule has 3 aromatic rings. The van der Waals surface area contributed by atoms with Crippen molar-refractivity contribution in [3.8, 4) is 22.3 Å². The van der Waals surface area contributed by atoms with Gasteiger partial charge >= 0.3 is 0 Å². The van der Waals surface area contributed by atoms with Crippen LogP contribution in [0.3, 0.4) is 0 Å². The number of hydrogen-bond acceptors (Lipinski definition) is 2. The molecule has 108 valence electrons. The standard InChI is InChI=1S/C19H16N2O/c20-21-19(22)16-12-10-15(11-13-16)18-9-5-4-8-17(18)14-6-2-1-3-7-14/h1-13H,20H2,(H,21,22). The Balaban J connectivity index is 2.04. The molecule has 0 bridgehead atoms. The monoisotopic (exact) mass is 288 g/mol. The first-order valence-electron chi connectivity index (χ1n) is 7.05. The third-order valence-corrected chi connectivity index (χ3v) is 3.60. The van der Waals surface area contributed by atoms with Crippen LogP contribution >= 0.6 is 0 Å². The van der Waals surface area contributed by atoms with Crippen LogP contribution in [0.5, 0.6) is 0 Å². The fourth-order valence-electron chi connectivity index (χ4n) is 2.49. The van der Waals surface area contributed by atoms with Crippen molar-refractivity contribution in [2.24, 2.45) is 5.84 Å². The third kappa shape index (κ3) is 2.75. The fraction of sp³-hybridized carbons (Fsp3) is 0. The summed E-state index contributed by atoms with van der Waals surface area (Å²) in [5, 5.41) is 0. The van der Waals surface area contributed by atoms with Crippen LogP contribution in [0.2, 0.25) is 0 Å². The van der Waals surface area contributed by atoms with Gasteiger partial charge in [-0.1, -0.05) is 66.7 Å². The van der Waals surface area contributed by atoms with Crippen LogP contribution in [-0.2, 0) is 0 Å². The lowest BCUT2D eigenvalue weighted by atomic mass is 9.94. The summed E-state index contributed by atoms with van der Waals surface area (Å²) < 4.78 is 0. The number of hydrazine groups is 1. The highest BCUT2D eigenvalue weighted by atomic mass is 16.2. The van der Waals surface area contributed by atoms with Crippen molar-refractivity contribution in [3.05, 3.63) is 84.4 Å². The van der Waals surface area contributed by atoms with Gasteiger partial charge in [0.05, 0.1) is 0 Å². The van der Waals surface area contributed by atoms with Gasteiger partial charge in [-0.25, -0.2) is 5.84 Å². The number of rotatable bonds is 3. The Bertz CT molecular complexity index is 780. The van der Waals surface area contributed by atoms with Crippen LogP contribution in [0.4, 0.5) is 0 Å². The highest BCUT2D eigenvalue weighted by Crippen LogP contribution is 2.31. The highest BCUT2D eigenvalue weighted by molar-refractivity contribution is 5.94. The Morgan fingerprint density at radius 3 is 1.73 bits per heavy atom. The summed E-state index contributed by atoms with van der Waals surface area (Å²) in [5.41, 5.74) is 7.21. The van der Waals surface area contributed by atoms with Crippen molar-refractivity contribution in [1.82, 2.24) is 5.43 Å². The number of amides is 1. The summed E-state index contributed by atoms with van der Waals surface area (Å²) in [6.45, 7) is 0. The van der Waals surface area contributed by atoms with E-state index >= 15 is 0 Å². The van der Waals surface area contributed by atoms with Crippen molar-refractivity contribution < 1.29 is 4.79 Å². The van der Waals surface area contributed by atoms with E-state index in [1.54, 1.807) is 12.1 Å². The average molecular weight is 288 g/mol. The average Bonchev–Trinajstić information content (AvgIpc) is 2.62. The summed E-state index contributed by atoms with van der Waals surface area (Å²) in [4.78, 5) is 11.5. The van der Waals surface area contributed by atoms with Gasteiger partial charge in [-0.15, -0.1) is 0 Å². The molecule has 0 atom stereocenters. The van der Waals surface area contributed by atoms with E-state index in [-0.39, 0.29) is 5.91 Å². The van der Waals surface area contributed by atoms with Crippen molar-refractivity contribution in [2.75, 3.05) is 0 Å². The quantitative estimate of drug-likeness (QED) is 0.439. The van der Waals surface area contributed by atoms with E-state index in [0.29, 0.717) is 5.56 Å². The fourth-order valence-corrected chi connectivity index (χ4v) is 2.49. The van der Waals surface area contributed by atoms with Gasteiger partial charge in [0.1, 0.15) is 0 Å². The minimum atomic E-state index is -0.289. The van der Waals surface area contributed by atoms with E-state index in [1.165, 1.54) is 11.1 Å². The van der Waals surface area contributed by atoms with Gasteiger partial charge in [0, 0.05) is 5.56 Å². The second-order valence-electron chi connectivity index (χ2n) is 4.96. The zero-order valence-electron chi connectivity index (χ0n) is 12.0. The Kier molecular flexibility index (Phi) is 3.99. The zero-order valence-corrected chi connectivity index (χ0v) is 12.0. The molecule has 0 aromatic heterocycles. The first-order chi connectivity index (χ1) is 10.8. The number of hydrogen-bond donors (Lipinski definition) is 2. The molecule has 0 saturated carbocycles. The SMILES string of the molecule is NNC(=O)c1ccc(-c2ccccc2-c2ccccc2)cc1. The van der Waals surface area contributed by atoms with Crippen molar-refractivity contribution in [3.63, 3.8) is 0 Å². The van der Waals surface area contributed by atoms with Crippen LogP contribution in [0, 0.1) is 0 Å². The lowest BCUT2D eigenvalue weighted by molar-refractivity contribution is 0.0953. The molecule has 0 saturated heterocycles. The molecule has 3 nitrogen and oxygen atoms in total. The van der Waals surface area contributed by atoms with E-state index in [4.69, 9.17) is 5.84 Å². The van der Waals surface area contributed by atoms with Crippen LogP contribution in [0.15, 0.2) is 78.9 Å². The molecule has 3 heteroatoms. The van der Waals surface area contributed by atoms with Crippen molar-refractivity contribution in [2.45, 2.75) is 0 Å². The molecule has 1 amide bonds. The summed E-state index contributed by atoms with van der Waals surface area (Å²) in [5.74, 6) is 4.86. The van der Waals surface area contributed by atoms with Crippen LogP contribution < -0.4 is 11.3 Å². The predicted octanol–water partition coefficient (Wildman–Crippen LogP) is 3.62. The maximum absolute atomic E-state index is 11.5. The maximum atomic E-state index is 11.5. The summed E-state index contributed by atoms with van der Waals surface area (Å²) in [6, 6.07) is 25.9. The first kappa shape index (κ1) is 14.0. The predicted molar refractivity (Wildman–Crippen MR) is 89.0 cm³/mol. The van der Waals surface area contributed by atoms with E-state index in [0.717, 1.165) is 11.1 Å². The number of carbonyl (C=O) groups excluding carboxylic acids is 1. The van der Waals surface area contributed by atoms with Gasteiger partial charge < -0.3 is 0 Å². The van der Waals surface area contributed by atoms with E-state index in [2.05, 4.69) is 29.7 Å². The van der Waals surface area contributed by atoms with Crippen molar-refractivity contribution >= 4 is 5.91 Å².